The average Bonchev–Trinajstić information content (AvgIpc) is 3.03. The van der Waals surface area contributed by atoms with Crippen LogP contribution in [-0.4, -0.2) is 28.9 Å². The lowest BCUT2D eigenvalue weighted by Crippen LogP contribution is -2.32. The number of nitrogens with zero attached hydrogens (tertiary/aromatic N) is 2. The summed E-state index contributed by atoms with van der Waals surface area (Å²) in [5, 5.41) is 0. The number of halogens is 2. The van der Waals surface area contributed by atoms with Crippen molar-refractivity contribution in [3.63, 3.8) is 0 Å². The van der Waals surface area contributed by atoms with Crippen LogP contribution in [0, 0.1) is 17.2 Å². The van der Waals surface area contributed by atoms with Gasteiger partial charge in [-0.1, -0.05) is 12.8 Å². The summed E-state index contributed by atoms with van der Waals surface area (Å²) < 4.78 is 26.7. The van der Waals surface area contributed by atoms with E-state index in [1.54, 1.807) is 4.90 Å². The van der Waals surface area contributed by atoms with Crippen LogP contribution in [0.15, 0.2) is 12.3 Å². The van der Waals surface area contributed by atoms with Crippen molar-refractivity contribution in [2.75, 3.05) is 13.1 Å². The first-order valence-corrected chi connectivity index (χ1v) is 6.71. The fourth-order valence-electron chi connectivity index (χ4n) is 3.40. The minimum absolute atomic E-state index is 0.206. The zero-order valence-electron chi connectivity index (χ0n) is 10.7. The number of aromatic nitrogens is 1. The number of carbonyl (C=O) groups is 1. The summed E-state index contributed by atoms with van der Waals surface area (Å²) in [4.78, 5) is 17.1. The molecule has 1 saturated heterocycles. The zero-order chi connectivity index (χ0) is 13.5. The van der Waals surface area contributed by atoms with E-state index in [4.69, 9.17) is 0 Å². The van der Waals surface area contributed by atoms with Gasteiger partial charge in [0.05, 0.1) is 5.56 Å². The first-order valence-electron chi connectivity index (χ1n) is 6.71. The normalized spacial score (nSPS) is 21.3. The van der Waals surface area contributed by atoms with Gasteiger partial charge >= 0.3 is 0 Å². The largest absolute Gasteiger partial charge is 0.338 e. The summed E-state index contributed by atoms with van der Waals surface area (Å²) in [5.41, 5.74) is 0.0279. The Morgan fingerprint density at radius 1 is 1.26 bits per heavy atom. The SMILES string of the molecule is O=C(c1ccnc(F)c1F)N1CCC2(CCCC2)C1. The third-order valence-electron chi connectivity index (χ3n) is 4.47. The number of hydrogen-bond donors (Lipinski definition) is 0. The molecule has 1 amide bonds. The highest BCUT2D eigenvalue weighted by molar-refractivity contribution is 5.94. The molecule has 3 nitrogen and oxygen atoms in total. The predicted octanol–water partition coefficient (Wildman–Crippen LogP) is 2.77. The van der Waals surface area contributed by atoms with E-state index in [9.17, 15) is 13.6 Å². The third-order valence-corrected chi connectivity index (χ3v) is 4.47. The van der Waals surface area contributed by atoms with Gasteiger partial charge < -0.3 is 4.90 Å². The maximum Gasteiger partial charge on any atom is 0.257 e. The van der Waals surface area contributed by atoms with Gasteiger partial charge in [-0.25, -0.2) is 9.37 Å². The Hall–Kier alpha value is -1.52. The molecule has 1 aromatic rings. The number of amides is 1. The molecule has 19 heavy (non-hydrogen) atoms. The summed E-state index contributed by atoms with van der Waals surface area (Å²) in [6.45, 7) is 1.32. The van der Waals surface area contributed by atoms with Gasteiger partial charge in [0.25, 0.3) is 5.91 Å². The molecule has 0 radical (unpaired) electrons. The Balaban J connectivity index is 1.80. The van der Waals surface area contributed by atoms with Gasteiger partial charge in [0.1, 0.15) is 0 Å². The highest BCUT2D eigenvalue weighted by atomic mass is 19.2. The third kappa shape index (κ3) is 2.11. The number of carbonyl (C=O) groups excluding carboxylic acids is 1. The van der Waals surface area contributed by atoms with Crippen molar-refractivity contribution >= 4 is 5.91 Å². The lowest BCUT2D eigenvalue weighted by Gasteiger charge is -2.23. The van der Waals surface area contributed by atoms with Crippen LogP contribution in [0.5, 0.6) is 0 Å². The highest BCUT2D eigenvalue weighted by Crippen LogP contribution is 2.45. The molecule has 2 heterocycles. The lowest BCUT2D eigenvalue weighted by molar-refractivity contribution is 0.0767. The van der Waals surface area contributed by atoms with Crippen molar-refractivity contribution in [1.29, 1.82) is 0 Å². The van der Waals surface area contributed by atoms with Gasteiger partial charge in [-0.05, 0) is 30.7 Å². The lowest BCUT2D eigenvalue weighted by atomic mass is 9.86. The predicted molar refractivity (Wildman–Crippen MR) is 65.6 cm³/mol. The van der Waals surface area contributed by atoms with E-state index >= 15 is 0 Å². The fourth-order valence-corrected chi connectivity index (χ4v) is 3.40. The first-order chi connectivity index (χ1) is 9.11. The molecule has 2 fully saturated rings. The van der Waals surface area contributed by atoms with E-state index < -0.39 is 17.7 Å². The van der Waals surface area contributed by atoms with Crippen LogP contribution in [0.1, 0.15) is 42.5 Å². The van der Waals surface area contributed by atoms with Gasteiger partial charge in [-0.2, -0.15) is 4.39 Å². The highest BCUT2D eigenvalue weighted by Gasteiger charge is 2.42. The zero-order valence-corrected chi connectivity index (χ0v) is 10.7. The molecule has 1 aliphatic carbocycles. The van der Waals surface area contributed by atoms with Crippen LogP contribution in [-0.2, 0) is 0 Å². The Morgan fingerprint density at radius 2 is 2.00 bits per heavy atom. The van der Waals surface area contributed by atoms with Crippen molar-refractivity contribution < 1.29 is 13.6 Å². The van der Waals surface area contributed by atoms with Crippen molar-refractivity contribution in [3.05, 3.63) is 29.6 Å². The van der Waals surface area contributed by atoms with Crippen LogP contribution in [0.4, 0.5) is 8.78 Å². The van der Waals surface area contributed by atoms with Gasteiger partial charge in [0, 0.05) is 19.3 Å². The van der Waals surface area contributed by atoms with E-state index in [1.165, 1.54) is 18.9 Å². The van der Waals surface area contributed by atoms with Crippen LogP contribution in [0.2, 0.25) is 0 Å². The molecule has 3 rings (SSSR count). The van der Waals surface area contributed by atoms with Crippen molar-refractivity contribution in [2.24, 2.45) is 5.41 Å². The first kappa shape index (κ1) is 12.5. The molecule has 0 aromatic carbocycles. The van der Waals surface area contributed by atoms with Gasteiger partial charge in [-0.3, -0.25) is 4.79 Å². The molecule has 102 valence electrons. The molecule has 1 saturated carbocycles. The van der Waals surface area contributed by atoms with Crippen LogP contribution in [0.25, 0.3) is 0 Å². The molecular formula is C14H16F2N2O. The second kappa shape index (κ2) is 4.54. The number of likely N-dealkylation sites (tertiary alicyclic amines) is 1. The molecule has 0 N–H and O–H groups in total. The van der Waals surface area contributed by atoms with Crippen LogP contribution >= 0.6 is 0 Å². The topological polar surface area (TPSA) is 33.2 Å². The van der Waals surface area contributed by atoms with Crippen LogP contribution < -0.4 is 0 Å². The van der Waals surface area contributed by atoms with Gasteiger partial charge in [0.2, 0.25) is 5.95 Å². The molecule has 1 spiro atoms. The minimum atomic E-state index is -1.21. The Labute approximate surface area is 110 Å². The quantitative estimate of drug-likeness (QED) is 0.732. The van der Waals surface area contributed by atoms with Crippen molar-refractivity contribution in [1.82, 2.24) is 9.88 Å². The van der Waals surface area contributed by atoms with Crippen molar-refractivity contribution in [2.45, 2.75) is 32.1 Å². The molecule has 2 aliphatic rings. The molecule has 0 unspecified atom stereocenters. The minimum Gasteiger partial charge on any atom is -0.338 e. The maximum absolute atomic E-state index is 13.6. The van der Waals surface area contributed by atoms with Crippen LogP contribution in [0.3, 0.4) is 0 Å². The number of pyridine rings is 1. The van der Waals surface area contributed by atoms with E-state index in [1.807, 2.05) is 0 Å². The monoisotopic (exact) mass is 266 g/mol. The summed E-state index contributed by atoms with van der Waals surface area (Å²) in [6.07, 6.45) is 6.81. The Bertz CT molecular complexity index is 512. The molecule has 0 bridgehead atoms. The second-order valence-electron chi connectivity index (χ2n) is 5.65. The van der Waals surface area contributed by atoms with Gasteiger partial charge in [0.15, 0.2) is 5.82 Å². The van der Waals surface area contributed by atoms with E-state index in [0.29, 0.717) is 13.1 Å². The number of rotatable bonds is 1. The standard InChI is InChI=1S/C14H16F2N2O/c15-11-10(3-7-17-12(11)16)13(19)18-8-6-14(9-18)4-1-2-5-14/h3,7H,1-2,4-6,8-9H2. The van der Waals surface area contributed by atoms with Gasteiger partial charge in [-0.15, -0.1) is 0 Å². The Morgan fingerprint density at radius 3 is 2.74 bits per heavy atom. The average molecular weight is 266 g/mol. The van der Waals surface area contributed by atoms with E-state index in [0.717, 1.165) is 25.5 Å². The molecule has 1 aliphatic heterocycles. The molecule has 5 heteroatoms. The summed E-state index contributed by atoms with van der Waals surface area (Å²) in [5.74, 6) is -2.76. The number of hydrogen-bond acceptors (Lipinski definition) is 2. The smallest absolute Gasteiger partial charge is 0.257 e. The van der Waals surface area contributed by atoms with E-state index in [-0.39, 0.29) is 11.0 Å². The summed E-state index contributed by atoms with van der Waals surface area (Å²) in [7, 11) is 0. The molecule has 0 atom stereocenters. The summed E-state index contributed by atoms with van der Waals surface area (Å²) in [6, 6.07) is 1.25. The van der Waals surface area contributed by atoms with E-state index in [2.05, 4.69) is 4.98 Å². The fraction of sp³-hybridized carbons (Fsp3) is 0.571. The maximum atomic E-state index is 13.6. The molecular weight excluding hydrogens is 250 g/mol. The second-order valence-corrected chi connectivity index (χ2v) is 5.65. The summed E-state index contributed by atoms with van der Waals surface area (Å²) >= 11 is 0. The Kier molecular flexibility index (Phi) is 2.99. The van der Waals surface area contributed by atoms with Crippen molar-refractivity contribution in [3.8, 4) is 0 Å². The molecule has 1 aromatic heterocycles.